The van der Waals surface area contributed by atoms with Gasteiger partial charge in [0.05, 0.1) is 18.1 Å². The van der Waals surface area contributed by atoms with Crippen LogP contribution in [0.3, 0.4) is 0 Å². The Balaban J connectivity index is 1.67. The second-order valence-electron chi connectivity index (χ2n) is 5.24. The number of aryl methyl sites for hydroxylation is 2. The number of furan rings is 1. The van der Waals surface area contributed by atoms with E-state index in [2.05, 4.69) is 29.1 Å². The van der Waals surface area contributed by atoms with Crippen LogP contribution in [0.4, 0.5) is 0 Å². The topological polar surface area (TPSA) is 68.0 Å². The number of fused-ring (bicyclic) bond motifs is 1. The van der Waals surface area contributed by atoms with Crippen LogP contribution in [-0.4, -0.2) is 21.6 Å². The summed E-state index contributed by atoms with van der Waals surface area (Å²) in [7, 11) is 0. The molecule has 3 rings (SSSR count). The van der Waals surface area contributed by atoms with Gasteiger partial charge in [-0.2, -0.15) is 0 Å². The van der Waals surface area contributed by atoms with Crippen LogP contribution in [0.25, 0.3) is 10.2 Å². The Hall–Kier alpha value is -1.86. The van der Waals surface area contributed by atoms with Crippen molar-refractivity contribution in [2.45, 2.75) is 31.8 Å². The van der Waals surface area contributed by atoms with Crippen molar-refractivity contribution in [3.05, 3.63) is 40.9 Å². The van der Waals surface area contributed by atoms with Crippen molar-refractivity contribution >= 4 is 39.2 Å². The number of thioether (sulfide) groups is 1. The molecule has 3 aromatic heterocycles. The van der Waals surface area contributed by atoms with Gasteiger partial charge in [-0.3, -0.25) is 4.79 Å². The van der Waals surface area contributed by atoms with E-state index in [0.29, 0.717) is 5.75 Å². The molecule has 3 aromatic rings. The Bertz CT molecular complexity index is 827. The zero-order valence-corrected chi connectivity index (χ0v) is 14.8. The maximum absolute atomic E-state index is 12.1. The molecule has 0 radical (unpaired) electrons. The highest BCUT2D eigenvalue weighted by atomic mass is 32.2. The number of hydrogen-bond acceptors (Lipinski definition) is 6. The second kappa shape index (κ2) is 6.72. The van der Waals surface area contributed by atoms with E-state index >= 15 is 0 Å². The van der Waals surface area contributed by atoms with Gasteiger partial charge >= 0.3 is 0 Å². The monoisotopic (exact) mass is 347 g/mol. The lowest BCUT2D eigenvalue weighted by Crippen LogP contribution is -2.27. The molecule has 0 aliphatic heterocycles. The Morgan fingerprint density at radius 3 is 3.00 bits per heavy atom. The van der Waals surface area contributed by atoms with Gasteiger partial charge < -0.3 is 9.73 Å². The molecule has 0 spiro atoms. The minimum Gasteiger partial charge on any atom is -0.467 e. The molecule has 0 bridgehead atoms. The molecule has 0 fully saturated rings. The fourth-order valence-electron chi connectivity index (χ4n) is 2.29. The number of nitrogens with one attached hydrogen (secondary N) is 1. The first-order valence-electron chi connectivity index (χ1n) is 7.22. The lowest BCUT2D eigenvalue weighted by atomic mass is 10.2. The summed E-state index contributed by atoms with van der Waals surface area (Å²) in [5.74, 6) is 1.01. The number of thiophene rings is 1. The summed E-state index contributed by atoms with van der Waals surface area (Å²) in [6.45, 7) is 6.05. The molecular weight excluding hydrogens is 330 g/mol. The summed E-state index contributed by atoms with van der Waals surface area (Å²) < 4.78 is 5.29. The summed E-state index contributed by atoms with van der Waals surface area (Å²) in [6, 6.07) is 3.52. The van der Waals surface area contributed by atoms with Crippen molar-refractivity contribution in [2.75, 3.05) is 5.75 Å². The van der Waals surface area contributed by atoms with Gasteiger partial charge in [-0.1, -0.05) is 11.8 Å². The summed E-state index contributed by atoms with van der Waals surface area (Å²) in [5, 5.41) is 4.85. The van der Waals surface area contributed by atoms with Crippen LogP contribution in [-0.2, 0) is 4.79 Å². The van der Waals surface area contributed by atoms with E-state index < -0.39 is 0 Å². The molecule has 0 aliphatic carbocycles. The summed E-state index contributed by atoms with van der Waals surface area (Å²) in [4.78, 5) is 23.0. The number of rotatable bonds is 5. The fraction of sp³-hybridized carbons (Fsp3) is 0.312. The van der Waals surface area contributed by atoms with E-state index in [1.165, 1.54) is 22.2 Å². The highest BCUT2D eigenvalue weighted by Gasteiger charge is 2.15. The normalized spacial score (nSPS) is 12.5. The molecule has 1 amide bonds. The molecule has 3 heterocycles. The molecule has 0 saturated heterocycles. The van der Waals surface area contributed by atoms with E-state index in [-0.39, 0.29) is 11.9 Å². The van der Waals surface area contributed by atoms with E-state index in [0.717, 1.165) is 21.0 Å². The zero-order valence-electron chi connectivity index (χ0n) is 13.1. The first-order valence-corrected chi connectivity index (χ1v) is 9.02. The average molecular weight is 347 g/mol. The van der Waals surface area contributed by atoms with Gasteiger partial charge in [-0.05, 0) is 38.5 Å². The molecule has 0 aromatic carbocycles. The van der Waals surface area contributed by atoms with Crippen LogP contribution in [0.2, 0.25) is 0 Å². The molecule has 1 atom stereocenters. The van der Waals surface area contributed by atoms with Crippen LogP contribution in [0.15, 0.2) is 34.2 Å². The van der Waals surface area contributed by atoms with Gasteiger partial charge in [0.15, 0.2) is 0 Å². The number of nitrogens with zero attached hydrogens (tertiary/aromatic N) is 2. The lowest BCUT2D eigenvalue weighted by Gasteiger charge is -2.11. The Kier molecular flexibility index (Phi) is 4.68. The van der Waals surface area contributed by atoms with Gasteiger partial charge in [-0.25, -0.2) is 9.97 Å². The summed E-state index contributed by atoms with van der Waals surface area (Å²) in [5.41, 5.74) is 1.19. The van der Waals surface area contributed by atoms with E-state index in [4.69, 9.17) is 4.42 Å². The Labute approximate surface area is 142 Å². The van der Waals surface area contributed by atoms with Crippen molar-refractivity contribution in [3.63, 3.8) is 0 Å². The highest BCUT2D eigenvalue weighted by molar-refractivity contribution is 8.00. The SMILES string of the molecule is Cc1sc2ncnc(SCC(=O)N[C@H](C)c3ccco3)c2c1C. The van der Waals surface area contributed by atoms with Crippen molar-refractivity contribution in [3.8, 4) is 0 Å². The first-order chi connectivity index (χ1) is 11.1. The summed E-state index contributed by atoms with van der Waals surface area (Å²) >= 11 is 3.10. The molecule has 0 aliphatic rings. The molecule has 7 heteroatoms. The Morgan fingerprint density at radius 2 is 2.26 bits per heavy atom. The second-order valence-corrected chi connectivity index (χ2v) is 7.40. The molecule has 0 saturated carbocycles. The van der Waals surface area contributed by atoms with Crippen LogP contribution in [0.5, 0.6) is 0 Å². The molecule has 120 valence electrons. The molecule has 0 unspecified atom stereocenters. The van der Waals surface area contributed by atoms with Gasteiger partial charge in [0.25, 0.3) is 0 Å². The predicted molar refractivity (Wildman–Crippen MR) is 92.9 cm³/mol. The largest absolute Gasteiger partial charge is 0.467 e. The smallest absolute Gasteiger partial charge is 0.230 e. The third kappa shape index (κ3) is 3.40. The van der Waals surface area contributed by atoms with Crippen molar-refractivity contribution < 1.29 is 9.21 Å². The average Bonchev–Trinajstić information content (AvgIpc) is 3.15. The number of hydrogen-bond donors (Lipinski definition) is 1. The number of amides is 1. The lowest BCUT2D eigenvalue weighted by molar-refractivity contribution is -0.119. The van der Waals surface area contributed by atoms with Crippen molar-refractivity contribution in [2.24, 2.45) is 0 Å². The summed E-state index contributed by atoms with van der Waals surface area (Å²) in [6.07, 6.45) is 3.16. The van der Waals surface area contributed by atoms with Gasteiger partial charge in [0, 0.05) is 10.3 Å². The fourth-order valence-corrected chi connectivity index (χ4v) is 4.21. The predicted octanol–water partition coefficient (Wildman–Crippen LogP) is 3.87. The standard InChI is InChI=1S/C16H17N3O2S2/c1-9-11(3)23-16-14(9)15(17-8-18-16)22-7-13(20)19-10(2)12-5-4-6-21-12/h4-6,8,10H,7H2,1-3H3,(H,19,20)/t10-/m1/s1. The van der Waals surface area contributed by atoms with Crippen molar-refractivity contribution in [1.82, 2.24) is 15.3 Å². The number of aromatic nitrogens is 2. The van der Waals surface area contributed by atoms with Gasteiger partial charge in [0.1, 0.15) is 21.9 Å². The molecule has 5 nitrogen and oxygen atoms in total. The maximum Gasteiger partial charge on any atom is 0.230 e. The first kappa shape index (κ1) is 16.0. The van der Waals surface area contributed by atoms with Gasteiger partial charge in [-0.15, -0.1) is 11.3 Å². The number of carbonyl (C=O) groups is 1. The minimum atomic E-state index is -0.145. The molecular formula is C16H17N3O2S2. The quantitative estimate of drug-likeness (QED) is 0.560. The van der Waals surface area contributed by atoms with Crippen molar-refractivity contribution in [1.29, 1.82) is 0 Å². The Morgan fingerprint density at radius 1 is 1.43 bits per heavy atom. The van der Waals surface area contributed by atoms with Crippen LogP contribution < -0.4 is 5.32 Å². The number of carbonyl (C=O) groups excluding carboxylic acids is 1. The van der Waals surface area contributed by atoms with Gasteiger partial charge in [0.2, 0.25) is 5.91 Å². The minimum absolute atomic E-state index is 0.0460. The zero-order chi connectivity index (χ0) is 16.4. The van der Waals surface area contributed by atoms with Crippen LogP contribution in [0, 0.1) is 13.8 Å². The van der Waals surface area contributed by atoms with Crippen LogP contribution >= 0.6 is 23.1 Å². The van der Waals surface area contributed by atoms with E-state index in [1.807, 2.05) is 19.1 Å². The molecule has 1 N–H and O–H groups in total. The van der Waals surface area contributed by atoms with E-state index in [1.54, 1.807) is 23.9 Å². The van der Waals surface area contributed by atoms with Crippen LogP contribution in [0.1, 0.15) is 29.2 Å². The molecule has 23 heavy (non-hydrogen) atoms. The third-order valence-electron chi connectivity index (χ3n) is 3.62. The maximum atomic E-state index is 12.1. The van der Waals surface area contributed by atoms with E-state index in [9.17, 15) is 4.79 Å². The third-order valence-corrected chi connectivity index (χ3v) is 5.72. The highest BCUT2D eigenvalue weighted by Crippen LogP contribution is 2.34.